The maximum Gasteiger partial charge on any atom is 0.507 e. The predicted octanol–water partition coefficient (Wildman–Crippen LogP) is 4.88. The summed E-state index contributed by atoms with van der Waals surface area (Å²) in [4.78, 5) is 88.2. The van der Waals surface area contributed by atoms with Gasteiger partial charge >= 0.3 is 47.4 Å². The fourth-order valence-corrected chi connectivity index (χ4v) is 2.54. The van der Waals surface area contributed by atoms with Gasteiger partial charge < -0.3 is 9.80 Å². The molecule has 1 heterocycles. The summed E-state index contributed by atoms with van der Waals surface area (Å²) in [6.07, 6.45) is 18.6. The van der Waals surface area contributed by atoms with Crippen LogP contribution in [-0.4, -0.2) is 88.8 Å². The van der Waals surface area contributed by atoms with Gasteiger partial charge in [0.05, 0.1) is 6.67 Å². The first-order chi connectivity index (χ1) is 20.8. The van der Waals surface area contributed by atoms with Crippen LogP contribution >= 0.6 is 47.4 Å². The van der Waals surface area contributed by atoms with E-state index in [2.05, 4.69) is 36.2 Å². The first-order valence-corrected chi connectivity index (χ1v) is 21.5. The van der Waals surface area contributed by atoms with Crippen molar-refractivity contribution < 1.29 is 111 Å². The fraction of sp³-hybridized carbons (Fsp3) is 0.875. The van der Waals surface area contributed by atoms with E-state index in [1.165, 1.54) is 70.8 Å². The summed E-state index contributed by atoms with van der Waals surface area (Å²) in [6, 6.07) is 0. The third kappa shape index (κ3) is 212. The van der Waals surface area contributed by atoms with Crippen LogP contribution in [0.2, 0.25) is 0 Å². The van der Waals surface area contributed by atoms with Gasteiger partial charge in [-0.3, -0.25) is 58.7 Å². The van der Waals surface area contributed by atoms with E-state index in [1.807, 2.05) is 0 Å². The molecule has 0 fully saturated rings. The molecule has 1 rings (SSSR count). The van der Waals surface area contributed by atoms with Crippen LogP contribution in [0.1, 0.15) is 71.1 Å². The van der Waals surface area contributed by atoms with Crippen LogP contribution < -0.4 is 0 Å². The first-order valence-electron chi connectivity index (χ1n) is 12.5. The Labute approximate surface area is 272 Å². The second-order valence-corrected chi connectivity index (χ2v) is 14.2. The molecule has 32 heteroatoms. The van der Waals surface area contributed by atoms with Crippen LogP contribution in [0.3, 0.4) is 0 Å². The van der Waals surface area contributed by atoms with Crippen LogP contribution in [0.15, 0.2) is 12.4 Å². The predicted molar refractivity (Wildman–Crippen MR) is 159 cm³/mol. The zero-order valence-electron chi connectivity index (χ0n) is 25.3. The van der Waals surface area contributed by atoms with Crippen molar-refractivity contribution in [3.63, 3.8) is 0 Å². The van der Waals surface area contributed by atoms with Crippen molar-refractivity contribution >= 4 is 47.4 Å². The fourth-order valence-electron chi connectivity index (χ4n) is 2.54. The lowest BCUT2D eigenvalue weighted by molar-refractivity contribution is 0.290. The molecule has 1 aliphatic rings. The quantitative estimate of drug-likeness (QED) is 0.0748. The van der Waals surface area contributed by atoms with E-state index in [9.17, 15) is 25.2 Å². The van der Waals surface area contributed by atoms with Gasteiger partial charge in [-0.2, -0.15) is 0 Å². The summed E-state index contributed by atoms with van der Waals surface area (Å²) in [6.45, 7) is 4.60. The van der Waals surface area contributed by atoms with Crippen LogP contribution in [-0.2, 0) is 27.4 Å². The number of hydrogen-bond acceptors (Lipinski definition) is 8. The molecule has 0 aliphatic carbocycles. The Hall–Kier alpha value is -0.180. The van der Waals surface area contributed by atoms with Crippen molar-refractivity contribution in [3.8, 4) is 0 Å². The van der Waals surface area contributed by atoms with Gasteiger partial charge in [0.15, 0.2) is 0 Å². The van der Waals surface area contributed by atoms with Crippen molar-refractivity contribution in [2.75, 3.05) is 20.3 Å². The summed E-state index contributed by atoms with van der Waals surface area (Å²) in [5, 5.41) is 0. The molecule has 0 aromatic heterocycles. The molecule has 1 aliphatic heterocycles. The lowest BCUT2D eigenvalue weighted by Gasteiger charge is -2.17. The minimum Gasteiger partial charge on any atom is -0.362 e. The summed E-state index contributed by atoms with van der Waals surface area (Å²) < 4.78 is 114. The standard InChI is InChI=1S/C16H32N2.6FH2O3P/c1-3-4-5-6-7-8-9-10-11-12-13-18-15-14-17(2)16-18;6*1-5(2,3)4/h14-15H,3-13,16H2,1-2H3;6*(H2,2,3,4). The van der Waals surface area contributed by atoms with E-state index in [4.69, 9.17) is 86.1 Å². The van der Waals surface area contributed by atoms with Gasteiger partial charge in [-0.1, -0.05) is 64.7 Å². The molecule has 12 N–H and O–H groups in total. The van der Waals surface area contributed by atoms with E-state index in [0.717, 1.165) is 6.67 Å². The normalized spacial score (nSPS) is 12.9. The Kier molecular flexibility index (Phi) is 39.4. The largest absolute Gasteiger partial charge is 0.507 e. The lowest BCUT2D eigenvalue weighted by Crippen LogP contribution is -2.23. The van der Waals surface area contributed by atoms with Gasteiger partial charge in [0.2, 0.25) is 0 Å². The van der Waals surface area contributed by atoms with E-state index in [0.29, 0.717) is 0 Å². The summed E-state index contributed by atoms with van der Waals surface area (Å²) in [7, 11) is -28.7. The zero-order valence-corrected chi connectivity index (χ0v) is 30.7. The molecule has 0 atom stereocenters. The van der Waals surface area contributed by atoms with Crippen LogP contribution in [0.5, 0.6) is 0 Å². The van der Waals surface area contributed by atoms with Crippen LogP contribution in [0.4, 0.5) is 25.2 Å². The highest BCUT2D eigenvalue weighted by atomic mass is 31.2. The maximum atomic E-state index is 10.4. The van der Waals surface area contributed by atoms with Crippen LogP contribution in [0, 0.1) is 0 Å². The molecule has 0 spiro atoms. The molecule has 298 valence electrons. The number of rotatable bonds is 11. The van der Waals surface area contributed by atoms with E-state index >= 15 is 0 Å². The van der Waals surface area contributed by atoms with Crippen molar-refractivity contribution in [1.82, 2.24) is 9.80 Å². The lowest BCUT2D eigenvalue weighted by atomic mass is 10.1. The Morgan fingerprint density at radius 1 is 0.458 bits per heavy atom. The molecular formula is C16H44F6N2O18P6. The van der Waals surface area contributed by atoms with Crippen molar-refractivity contribution in [2.24, 2.45) is 0 Å². The third-order valence-corrected chi connectivity index (χ3v) is 3.74. The van der Waals surface area contributed by atoms with Gasteiger partial charge in [-0.25, -0.2) is 27.4 Å². The Morgan fingerprint density at radius 2 is 0.667 bits per heavy atom. The van der Waals surface area contributed by atoms with Crippen LogP contribution in [0.25, 0.3) is 0 Å². The van der Waals surface area contributed by atoms with Gasteiger partial charge in [0.25, 0.3) is 0 Å². The van der Waals surface area contributed by atoms with E-state index in [-0.39, 0.29) is 0 Å². The second-order valence-electron chi connectivity index (χ2n) is 8.53. The molecule has 20 nitrogen and oxygen atoms in total. The summed E-state index contributed by atoms with van der Waals surface area (Å²) in [5.74, 6) is 0. The molecule has 0 saturated heterocycles. The number of nitrogens with zero attached hydrogens (tertiary/aromatic N) is 2. The molecule has 0 unspecified atom stereocenters. The first kappa shape index (κ1) is 59.9. The Bertz CT molecular complexity index is 874. The Balaban J connectivity index is -0.000000122. The average molecular weight is 852 g/mol. The van der Waals surface area contributed by atoms with Gasteiger partial charge in [-0.15, -0.1) is 25.2 Å². The van der Waals surface area contributed by atoms with Gasteiger partial charge in [-0.05, 0) is 6.42 Å². The maximum absolute atomic E-state index is 10.4. The minimum absolute atomic E-state index is 1.08. The molecular weight excluding hydrogens is 808 g/mol. The number of unbranched alkanes of at least 4 members (excludes halogenated alkanes) is 9. The van der Waals surface area contributed by atoms with Crippen molar-refractivity contribution in [2.45, 2.75) is 71.1 Å². The van der Waals surface area contributed by atoms with Gasteiger partial charge in [0.1, 0.15) is 0 Å². The SMILES string of the molecule is CCCCCCCCCCCCN1C=CN(C)C1.O=P(O)(O)F.O=P(O)(O)F.O=P(O)(O)F.O=P(O)(O)F.O=P(O)(O)F.O=P(O)(O)F. The van der Waals surface area contributed by atoms with E-state index in [1.54, 1.807) is 0 Å². The van der Waals surface area contributed by atoms with E-state index < -0.39 is 47.4 Å². The average Bonchev–Trinajstić information content (AvgIpc) is 3.13. The third-order valence-electron chi connectivity index (χ3n) is 3.74. The number of halogens is 6. The van der Waals surface area contributed by atoms with Crippen molar-refractivity contribution in [3.05, 3.63) is 12.4 Å². The Morgan fingerprint density at radius 3 is 0.854 bits per heavy atom. The highest BCUT2D eigenvalue weighted by Gasteiger charge is 2.08. The molecule has 0 bridgehead atoms. The zero-order chi connectivity index (χ0) is 40.1. The topological polar surface area (TPSA) is 352 Å². The highest BCUT2D eigenvalue weighted by Crippen LogP contribution is 2.37. The smallest absolute Gasteiger partial charge is 0.362 e. The molecule has 48 heavy (non-hydrogen) atoms. The molecule has 0 aromatic rings. The minimum atomic E-state index is -5.14. The van der Waals surface area contributed by atoms with Crippen molar-refractivity contribution in [1.29, 1.82) is 0 Å². The molecule has 0 radical (unpaired) electrons. The number of hydrogen-bond donors (Lipinski definition) is 12. The summed E-state index contributed by atoms with van der Waals surface area (Å²) in [5.41, 5.74) is 0. The second kappa shape index (κ2) is 31.5. The molecule has 0 saturated carbocycles. The monoisotopic (exact) mass is 852 g/mol. The molecule has 0 amide bonds. The highest BCUT2D eigenvalue weighted by molar-refractivity contribution is 7.46. The molecule has 0 aromatic carbocycles. The summed E-state index contributed by atoms with van der Waals surface area (Å²) >= 11 is 0. The van der Waals surface area contributed by atoms with Gasteiger partial charge in [0, 0.05) is 26.0 Å².